The Morgan fingerprint density at radius 1 is 1.03 bits per heavy atom. The second-order valence-corrected chi connectivity index (χ2v) is 8.13. The van der Waals surface area contributed by atoms with Crippen LogP contribution in [0.25, 0.3) is 10.9 Å². The van der Waals surface area contributed by atoms with E-state index >= 15 is 0 Å². The molecule has 2 aromatic carbocycles. The topological polar surface area (TPSA) is 74.0 Å². The Balaban J connectivity index is 1.51. The predicted molar refractivity (Wildman–Crippen MR) is 116 cm³/mol. The van der Waals surface area contributed by atoms with Gasteiger partial charge >= 0.3 is 0 Å². The molecule has 1 fully saturated rings. The van der Waals surface area contributed by atoms with Gasteiger partial charge in [-0.05, 0) is 42.7 Å². The number of nitrogens with one attached hydrogen (secondary N) is 3. The van der Waals surface area contributed by atoms with Crippen molar-refractivity contribution in [3.63, 3.8) is 0 Å². The van der Waals surface area contributed by atoms with Crippen LogP contribution in [-0.2, 0) is 16.0 Å². The van der Waals surface area contributed by atoms with E-state index in [0.717, 1.165) is 35.7 Å². The van der Waals surface area contributed by atoms with E-state index in [1.54, 1.807) is 24.3 Å². The molecule has 0 unspecified atom stereocenters. The monoisotopic (exact) mass is 409 g/mol. The predicted octanol–water partition coefficient (Wildman–Crippen LogP) is 4.82. The van der Waals surface area contributed by atoms with E-state index in [1.165, 1.54) is 0 Å². The van der Waals surface area contributed by atoms with Crippen LogP contribution in [0.15, 0.2) is 54.7 Å². The second-order valence-electron chi connectivity index (χ2n) is 7.69. The van der Waals surface area contributed by atoms with E-state index < -0.39 is 5.54 Å². The summed E-state index contributed by atoms with van der Waals surface area (Å²) in [5, 5.41) is 7.61. The number of rotatable bonds is 5. The summed E-state index contributed by atoms with van der Waals surface area (Å²) >= 11 is 6.04. The Morgan fingerprint density at radius 3 is 2.62 bits per heavy atom. The number of carbonyl (C=O) groups excluding carboxylic acids is 2. The van der Waals surface area contributed by atoms with Gasteiger partial charge < -0.3 is 15.6 Å². The van der Waals surface area contributed by atoms with Crippen LogP contribution < -0.4 is 10.6 Å². The Labute approximate surface area is 174 Å². The summed E-state index contributed by atoms with van der Waals surface area (Å²) in [4.78, 5) is 29.3. The Kier molecular flexibility index (Phi) is 5.58. The lowest BCUT2D eigenvalue weighted by molar-refractivity contribution is -0.131. The van der Waals surface area contributed by atoms with E-state index in [9.17, 15) is 9.59 Å². The Morgan fingerprint density at radius 2 is 1.83 bits per heavy atom. The van der Waals surface area contributed by atoms with Crippen LogP contribution in [0.5, 0.6) is 0 Å². The van der Waals surface area contributed by atoms with Crippen LogP contribution in [0.1, 0.15) is 37.7 Å². The molecule has 6 heteroatoms. The molecule has 0 saturated heterocycles. The van der Waals surface area contributed by atoms with E-state index in [-0.39, 0.29) is 18.2 Å². The lowest BCUT2D eigenvalue weighted by Crippen LogP contribution is -2.58. The summed E-state index contributed by atoms with van der Waals surface area (Å²) in [6.07, 6.45) is 6.27. The van der Waals surface area contributed by atoms with Crippen LogP contribution in [0.4, 0.5) is 5.69 Å². The molecule has 29 heavy (non-hydrogen) atoms. The molecule has 2 amide bonds. The lowest BCUT2D eigenvalue weighted by Gasteiger charge is -2.36. The first-order chi connectivity index (χ1) is 14.1. The number of para-hydroxylation sites is 1. The fraction of sp³-hybridized carbons (Fsp3) is 0.304. The lowest BCUT2D eigenvalue weighted by atomic mass is 9.80. The molecule has 1 aliphatic carbocycles. The van der Waals surface area contributed by atoms with Gasteiger partial charge in [0.15, 0.2) is 0 Å². The fourth-order valence-electron chi connectivity index (χ4n) is 4.14. The summed E-state index contributed by atoms with van der Waals surface area (Å²) in [6.45, 7) is 0. The number of carbonyl (C=O) groups is 2. The van der Waals surface area contributed by atoms with Gasteiger partial charge in [0.05, 0.1) is 6.42 Å². The van der Waals surface area contributed by atoms with Crippen LogP contribution in [0.3, 0.4) is 0 Å². The largest absolute Gasteiger partial charge is 0.361 e. The normalized spacial score (nSPS) is 15.8. The number of benzene rings is 2. The Hall–Kier alpha value is -2.79. The van der Waals surface area contributed by atoms with Crippen molar-refractivity contribution in [1.29, 1.82) is 0 Å². The first-order valence-electron chi connectivity index (χ1n) is 9.99. The van der Waals surface area contributed by atoms with Gasteiger partial charge in [0.2, 0.25) is 11.8 Å². The van der Waals surface area contributed by atoms with E-state index in [4.69, 9.17) is 11.6 Å². The van der Waals surface area contributed by atoms with Gasteiger partial charge in [0.1, 0.15) is 5.54 Å². The summed E-state index contributed by atoms with van der Waals surface area (Å²) < 4.78 is 0. The Bertz CT molecular complexity index is 1040. The smallest absolute Gasteiger partial charge is 0.250 e. The fourth-order valence-corrected chi connectivity index (χ4v) is 4.33. The zero-order chi connectivity index (χ0) is 20.3. The minimum absolute atomic E-state index is 0.141. The highest BCUT2D eigenvalue weighted by Crippen LogP contribution is 2.30. The number of aromatic nitrogens is 1. The van der Waals surface area contributed by atoms with Crippen molar-refractivity contribution in [2.24, 2.45) is 0 Å². The number of hydrogen-bond acceptors (Lipinski definition) is 2. The summed E-state index contributed by atoms with van der Waals surface area (Å²) in [5.74, 6) is -0.315. The van der Waals surface area contributed by atoms with Crippen molar-refractivity contribution in [2.45, 2.75) is 44.1 Å². The molecule has 0 spiro atoms. The zero-order valence-electron chi connectivity index (χ0n) is 16.1. The molecule has 150 valence electrons. The third-order valence-electron chi connectivity index (χ3n) is 5.63. The van der Waals surface area contributed by atoms with Gasteiger partial charge in [-0.25, -0.2) is 0 Å². The first-order valence-corrected chi connectivity index (χ1v) is 10.4. The molecule has 1 aromatic heterocycles. The third kappa shape index (κ3) is 4.30. The first kappa shape index (κ1) is 19.5. The molecule has 0 aliphatic heterocycles. The average Bonchev–Trinajstić information content (AvgIpc) is 3.11. The summed E-state index contributed by atoms with van der Waals surface area (Å²) in [5.41, 5.74) is 1.68. The number of amides is 2. The maximum absolute atomic E-state index is 13.2. The van der Waals surface area contributed by atoms with Gasteiger partial charge in [-0.1, -0.05) is 55.1 Å². The summed E-state index contributed by atoms with van der Waals surface area (Å²) in [7, 11) is 0. The van der Waals surface area contributed by atoms with Gasteiger partial charge in [-0.15, -0.1) is 0 Å². The molecule has 5 nitrogen and oxygen atoms in total. The standard InChI is InChI=1S/C23H24ClN3O2/c24-17-7-6-8-18(14-17)26-22(29)23(11-4-1-5-12-23)27-21(28)13-16-15-25-20-10-3-2-9-19(16)20/h2-3,6-10,14-15,25H,1,4-5,11-13H2,(H,26,29)(H,27,28). The van der Waals surface area contributed by atoms with Crippen LogP contribution in [-0.4, -0.2) is 22.3 Å². The third-order valence-corrected chi connectivity index (χ3v) is 5.86. The number of H-pyrrole nitrogens is 1. The maximum Gasteiger partial charge on any atom is 0.250 e. The number of anilines is 1. The zero-order valence-corrected chi connectivity index (χ0v) is 16.9. The minimum atomic E-state index is -0.885. The van der Waals surface area contributed by atoms with Crippen molar-refractivity contribution < 1.29 is 9.59 Å². The average molecular weight is 410 g/mol. The SMILES string of the molecule is O=C(Cc1c[nH]c2ccccc12)NC1(C(=O)Nc2cccc(Cl)c2)CCCCC1. The van der Waals surface area contributed by atoms with Crippen molar-refractivity contribution in [3.8, 4) is 0 Å². The molecule has 3 aromatic rings. The molecular formula is C23H24ClN3O2. The molecule has 3 N–H and O–H groups in total. The molecule has 1 heterocycles. The summed E-state index contributed by atoms with van der Waals surface area (Å²) in [6, 6.07) is 15.0. The van der Waals surface area contributed by atoms with Gasteiger partial charge in [0.25, 0.3) is 0 Å². The molecule has 0 atom stereocenters. The van der Waals surface area contributed by atoms with E-state index in [2.05, 4.69) is 15.6 Å². The number of halogens is 1. The van der Waals surface area contributed by atoms with E-state index in [1.807, 2.05) is 30.5 Å². The van der Waals surface area contributed by atoms with Gasteiger partial charge in [0, 0.05) is 27.8 Å². The van der Waals surface area contributed by atoms with Crippen LogP contribution in [0, 0.1) is 0 Å². The van der Waals surface area contributed by atoms with E-state index in [0.29, 0.717) is 23.6 Å². The van der Waals surface area contributed by atoms with Crippen molar-refractivity contribution >= 4 is 40.0 Å². The van der Waals surface area contributed by atoms with Crippen molar-refractivity contribution in [3.05, 3.63) is 65.3 Å². The molecule has 0 radical (unpaired) electrons. The minimum Gasteiger partial charge on any atom is -0.361 e. The second kappa shape index (κ2) is 8.29. The highest BCUT2D eigenvalue weighted by atomic mass is 35.5. The van der Waals surface area contributed by atoms with Crippen LogP contribution in [0.2, 0.25) is 5.02 Å². The molecule has 0 bridgehead atoms. The number of hydrogen-bond donors (Lipinski definition) is 3. The molecular weight excluding hydrogens is 386 g/mol. The van der Waals surface area contributed by atoms with Crippen molar-refractivity contribution in [1.82, 2.24) is 10.3 Å². The maximum atomic E-state index is 13.2. The number of fused-ring (bicyclic) bond motifs is 1. The highest BCUT2D eigenvalue weighted by molar-refractivity contribution is 6.30. The molecule has 1 aliphatic rings. The van der Waals surface area contributed by atoms with Crippen molar-refractivity contribution in [2.75, 3.05) is 5.32 Å². The van der Waals surface area contributed by atoms with Gasteiger partial charge in [-0.2, -0.15) is 0 Å². The van der Waals surface area contributed by atoms with Gasteiger partial charge in [-0.3, -0.25) is 9.59 Å². The molecule has 1 saturated carbocycles. The highest BCUT2D eigenvalue weighted by Gasteiger charge is 2.40. The molecule has 4 rings (SSSR count). The number of aromatic amines is 1. The van der Waals surface area contributed by atoms with Crippen LogP contribution >= 0.6 is 11.6 Å². The quantitative estimate of drug-likeness (QED) is 0.565.